The second kappa shape index (κ2) is 9.89. The third-order valence-electron chi connectivity index (χ3n) is 11.2. The highest BCUT2D eigenvalue weighted by Gasteiger charge is 2.68. The number of nitrogens with zero attached hydrogens (tertiary/aromatic N) is 4. The van der Waals surface area contributed by atoms with Gasteiger partial charge in [0.15, 0.2) is 0 Å². The van der Waals surface area contributed by atoms with Crippen molar-refractivity contribution in [3.05, 3.63) is 59.2 Å². The summed E-state index contributed by atoms with van der Waals surface area (Å²) in [7, 11) is 0.980. The predicted molar refractivity (Wildman–Crippen MR) is 170 cm³/mol. The summed E-state index contributed by atoms with van der Waals surface area (Å²) in [5, 5.41) is 1.08. The van der Waals surface area contributed by atoms with Gasteiger partial charge in [-0.3, -0.25) is 9.59 Å². The summed E-state index contributed by atoms with van der Waals surface area (Å²) in [6, 6.07) is 14.6. The van der Waals surface area contributed by atoms with Crippen LogP contribution in [-0.4, -0.2) is 85.2 Å². The summed E-state index contributed by atoms with van der Waals surface area (Å²) >= 11 is 0. The van der Waals surface area contributed by atoms with Crippen LogP contribution in [0, 0.1) is 0 Å². The normalized spacial score (nSPS) is 28.1. The lowest BCUT2D eigenvalue weighted by Gasteiger charge is -2.43. The van der Waals surface area contributed by atoms with Crippen LogP contribution in [0.25, 0.3) is 22.2 Å². The van der Waals surface area contributed by atoms with Crippen molar-refractivity contribution in [2.24, 2.45) is 0 Å². The molecule has 8 rings (SSSR count). The van der Waals surface area contributed by atoms with Crippen molar-refractivity contribution in [3.8, 4) is 11.3 Å². The molecule has 3 aromatic rings. The van der Waals surface area contributed by atoms with E-state index in [0.29, 0.717) is 5.92 Å². The van der Waals surface area contributed by atoms with Crippen LogP contribution < -0.4 is 4.72 Å². The first-order chi connectivity index (χ1) is 21.1. The van der Waals surface area contributed by atoms with Gasteiger partial charge in [-0.05, 0) is 68.3 Å². The molecule has 44 heavy (non-hydrogen) atoms. The molecule has 5 aliphatic rings. The molecule has 0 radical (unpaired) electrons. The Morgan fingerprint density at radius 3 is 2.36 bits per heavy atom. The fourth-order valence-electron chi connectivity index (χ4n) is 9.09. The molecule has 1 N–H and O–H groups in total. The fraction of sp³-hybridized carbons (Fsp3) is 0.529. The highest BCUT2D eigenvalue weighted by Crippen LogP contribution is 2.67. The number of likely N-dealkylation sites (tertiary alicyclic amines) is 1. The number of amides is 2. The number of nitrogens with one attached hydrogen (secondary N) is 1. The molecular weight excluding hydrogens is 574 g/mol. The molecule has 4 fully saturated rings. The first-order valence-corrected chi connectivity index (χ1v) is 17.6. The zero-order chi connectivity index (χ0) is 30.5. The van der Waals surface area contributed by atoms with Crippen LogP contribution in [0.3, 0.4) is 0 Å². The lowest BCUT2D eigenvalue weighted by Crippen LogP contribution is -2.58. The number of benzene rings is 2. The second-order valence-electron chi connectivity index (χ2n) is 14.0. The van der Waals surface area contributed by atoms with Crippen LogP contribution in [0.2, 0.25) is 0 Å². The minimum Gasteiger partial charge on any atom is -0.332 e. The standard InChI is InChI=1S/C34H41N5O4S/c1-36(2)44(42,43)35-32(40)22-13-16-27-29(17-22)39-31(30(27)21-9-5-4-6-10-21)26-12-8-7-11-25(26)28-18-34(28,39)33(41)38-23-14-15-24(38)20-37(3)19-23/h7-8,11-13,16-17,21,23-24,28H,4-6,9-10,14-15,18-20H2,1-3H3,(H,35,40)/t23?,24?,28?,34-/m0/s1. The summed E-state index contributed by atoms with van der Waals surface area (Å²) < 4.78 is 30.6. The monoisotopic (exact) mass is 615 g/mol. The molecule has 2 bridgehead atoms. The van der Waals surface area contributed by atoms with Crippen molar-refractivity contribution >= 4 is 32.9 Å². The molecule has 9 nitrogen and oxygen atoms in total. The number of likely N-dealkylation sites (N-methyl/N-ethyl adjacent to an activating group) is 1. The molecule has 2 saturated heterocycles. The van der Waals surface area contributed by atoms with Crippen LogP contribution in [0.15, 0.2) is 42.5 Å². The van der Waals surface area contributed by atoms with Gasteiger partial charge in [-0.15, -0.1) is 0 Å². The largest absolute Gasteiger partial charge is 0.332 e. The predicted octanol–water partition coefficient (Wildman–Crippen LogP) is 4.39. The van der Waals surface area contributed by atoms with E-state index < -0.39 is 21.7 Å². The third-order valence-corrected chi connectivity index (χ3v) is 12.6. The minimum absolute atomic E-state index is 0.0687. The Morgan fingerprint density at radius 1 is 0.955 bits per heavy atom. The van der Waals surface area contributed by atoms with Crippen molar-refractivity contribution in [2.75, 3.05) is 34.2 Å². The lowest BCUT2D eigenvalue weighted by atomic mass is 9.80. The van der Waals surface area contributed by atoms with Crippen LogP contribution in [0.4, 0.5) is 0 Å². The Balaban J connectivity index is 1.35. The molecule has 232 valence electrons. The molecule has 2 amide bonds. The highest BCUT2D eigenvalue weighted by atomic mass is 32.2. The number of piperazine rings is 1. The van der Waals surface area contributed by atoms with Gasteiger partial charge in [-0.25, -0.2) is 4.72 Å². The summed E-state index contributed by atoms with van der Waals surface area (Å²) in [5.74, 6) is -0.0156. The molecule has 4 atom stereocenters. The van der Waals surface area contributed by atoms with E-state index >= 15 is 4.79 Å². The van der Waals surface area contributed by atoms with E-state index in [1.54, 1.807) is 6.07 Å². The average molecular weight is 616 g/mol. The Hall–Kier alpha value is -3.21. The number of fused-ring (bicyclic) bond motifs is 10. The van der Waals surface area contributed by atoms with Crippen LogP contribution >= 0.6 is 0 Å². The van der Waals surface area contributed by atoms with Gasteiger partial charge in [0.05, 0.1) is 11.2 Å². The lowest BCUT2D eigenvalue weighted by molar-refractivity contribution is -0.142. The topological polar surface area (TPSA) is 95.0 Å². The number of carbonyl (C=O) groups excluding carboxylic acids is 2. The summed E-state index contributed by atoms with van der Waals surface area (Å²) in [4.78, 5) is 33.0. The van der Waals surface area contributed by atoms with Crippen molar-refractivity contribution in [3.63, 3.8) is 0 Å². The Labute approximate surface area is 259 Å². The zero-order valence-electron chi connectivity index (χ0n) is 25.8. The van der Waals surface area contributed by atoms with E-state index in [9.17, 15) is 13.2 Å². The molecule has 2 aliphatic carbocycles. The first-order valence-electron chi connectivity index (χ1n) is 16.2. The molecule has 1 aromatic heterocycles. The Kier molecular flexibility index (Phi) is 6.36. The smallest absolute Gasteiger partial charge is 0.303 e. The third kappa shape index (κ3) is 3.99. The van der Waals surface area contributed by atoms with Gasteiger partial charge in [0, 0.05) is 61.7 Å². The van der Waals surface area contributed by atoms with Gasteiger partial charge in [0.2, 0.25) is 5.91 Å². The van der Waals surface area contributed by atoms with Gasteiger partial charge < -0.3 is 14.4 Å². The number of hydrogen-bond acceptors (Lipinski definition) is 5. The molecule has 4 heterocycles. The molecule has 2 aromatic carbocycles. The number of carbonyl (C=O) groups is 2. The highest BCUT2D eigenvalue weighted by molar-refractivity contribution is 7.87. The fourth-order valence-corrected chi connectivity index (χ4v) is 9.62. The van der Waals surface area contributed by atoms with Crippen molar-refractivity contribution < 1.29 is 18.0 Å². The summed E-state index contributed by atoms with van der Waals surface area (Å²) in [6.45, 7) is 1.80. The van der Waals surface area contributed by atoms with E-state index in [1.807, 2.05) is 12.1 Å². The summed E-state index contributed by atoms with van der Waals surface area (Å²) in [5.41, 5.74) is 5.26. The van der Waals surface area contributed by atoms with Crippen LogP contribution in [0.5, 0.6) is 0 Å². The quantitative estimate of drug-likeness (QED) is 0.460. The number of hydrogen-bond donors (Lipinski definition) is 1. The van der Waals surface area contributed by atoms with E-state index in [2.05, 4.69) is 50.4 Å². The summed E-state index contributed by atoms with van der Waals surface area (Å²) in [6.07, 6.45) is 8.61. The maximum Gasteiger partial charge on any atom is 0.303 e. The van der Waals surface area contributed by atoms with Crippen LogP contribution in [0.1, 0.15) is 84.7 Å². The molecular formula is C34H41N5O4S. The van der Waals surface area contributed by atoms with E-state index in [-0.39, 0.29) is 29.5 Å². The van der Waals surface area contributed by atoms with Gasteiger partial charge in [-0.2, -0.15) is 12.7 Å². The minimum atomic E-state index is -3.96. The van der Waals surface area contributed by atoms with Gasteiger partial charge in [0.1, 0.15) is 5.54 Å². The van der Waals surface area contributed by atoms with E-state index in [4.69, 9.17) is 0 Å². The SMILES string of the molecule is CN1CC2CCC(C1)N2C(=O)[C@]12CC1c1ccccc1-c1c(C3CCCCC3)c3ccc(C(=O)NS(=O)(=O)N(C)C)cc3n12. The Morgan fingerprint density at radius 2 is 1.66 bits per heavy atom. The Bertz CT molecular complexity index is 1800. The average Bonchev–Trinajstić information content (AvgIpc) is 3.59. The van der Waals surface area contributed by atoms with Gasteiger partial charge >= 0.3 is 10.2 Å². The van der Waals surface area contributed by atoms with Gasteiger partial charge in [0.25, 0.3) is 5.91 Å². The molecule has 3 aliphatic heterocycles. The van der Waals surface area contributed by atoms with E-state index in [1.165, 1.54) is 50.0 Å². The van der Waals surface area contributed by atoms with Crippen molar-refractivity contribution in [2.45, 2.75) is 80.8 Å². The van der Waals surface area contributed by atoms with Crippen molar-refractivity contribution in [1.29, 1.82) is 0 Å². The molecule has 0 spiro atoms. The number of rotatable bonds is 5. The van der Waals surface area contributed by atoms with Gasteiger partial charge in [-0.1, -0.05) is 49.6 Å². The molecule has 2 saturated carbocycles. The van der Waals surface area contributed by atoms with Crippen LogP contribution in [-0.2, 0) is 20.5 Å². The number of aromatic nitrogens is 1. The first kappa shape index (κ1) is 28.3. The molecule has 10 heteroatoms. The van der Waals surface area contributed by atoms with E-state index in [0.717, 1.165) is 66.1 Å². The maximum absolute atomic E-state index is 15.1. The zero-order valence-corrected chi connectivity index (χ0v) is 26.6. The molecule has 3 unspecified atom stereocenters. The van der Waals surface area contributed by atoms with Crippen molar-refractivity contribution in [1.82, 2.24) is 23.4 Å². The second-order valence-corrected chi connectivity index (χ2v) is 15.9. The maximum atomic E-state index is 15.1.